The first kappa shape index (κ1) is 13.6. The van der Waals surface area contributed by atoms with Gasteiger partial charge in [0.05, 0.1) is 0 Å². The highest BCUT2D eigenvalue weighted by atomic mass is 79.9. The molecule has 0 radical (unpaired) electrons. The first-order valence-corrected chi connectivity index (χ1v) is 7.83. The number of rotatable bonds is 4. The minimum absolute atomic E-state index is 0.479. The van der Waals surface area contributed by atoms with E-state index in [1.807, 2.05) is 12.1 Å². The summed E-state index contributed by atoms with van der Waals surface area (Å²) in [6.45, 7) is 4.40. The Balaban J connectivity index is 1.91. The van der Waals surface area contributed by atoms with Gasteiger partial charge in [-0.2, -0.15) is 0 Å². The zero-order valence-electron chi connectivity index (χ0n) is 11.7. The van der Waals surface area contributed by atoms with Crippen molar-refractivity contribution < 1.29 is 0 Å². The van der Waals surface area contributed by atoms with Gasteiger partial charge in [-0.05, 0) is 46.3 Å². The third-order valence-corrected chi connectivity index (χ3v) is 3.91. The summed E-state index contributed by atoms with van der Waals surface area (Å²) >= 11 is 3.48. The fourth-order valence-electron chi connectivity index (χ4n) is 2.28. The van der Waals surface area contributed by atoms with Crippen molar-refractivity contribution in [1.82, 2.24) is 9.97 Å². The minimum atomic E-state index is 0.479. The van der Waals surface area contributed by atoms with Gasteiger partial charge in [0, 0.05) is 17.7 Å². The van der Waals surface area contributed by atoms with E-state index in [2.05, 4.69) is 63.3 Å². The highest BCUT2D eigenvalue weighted by Gasteiger charge is 2.27. The maximum atomic E-state index is 4.64. The van der Waals surface area contributed by atoms with Crippen LogP contribution in [-0.2, 0) is 0 Å². The minimum Gasteiger partial charge on any atom is -0.340 e. The molecule has 0 amide bonds. The molecule has 1 fully saturated rings. The second kappa shape index (κ2) is 5.52. The SMILES string of the molecule is CC(C)c1ccccc1Nc1cc(Br)nc(C2CC2)n1. The van der Waals surface area contributed by atoms with Crippen LogP contribution in [0.15, 0.2) is 34.9 Å². The molecule has 1 aromatic carbocycles. The molecular weight excluding hydrogens is 314 g/mol. The van der Waals surface area contributed by atoms with Crippen LogP contribution in [0.25, 0.3) is 0 Å². The average molecular weight is 332 g/mol. The van der Waals surface area contributed by atoms with E-state index in [1.54, 1.807) is 0 Å². The monoisotopic (exact) mass is 331 g/mol. The molecular formula is C16H18BrN3. The van der Waals surface area contributed by atoms with Crippen molar-refractivity contribution in [1.29, 1.82) is 0 Å². The second-order valence-corrected chi connectivity index (χ2v) is 6.39. The standard InChI is InChI=1S/C16H18BrN3/c1-10(2)12-5-3-4-6-13(12)18-15-9-14(17)19-16(20-15)11-7-8-11/h3-6,9-11H,7-8H2,1-2H3,(H,18,19,20). The van der Waals surface area contributed by atoms with E-state index < -0.39 is 0 Å². The van der Waals surface area contributed by atoms with Gasteiger partial charge in [-0.15, -0.1) is 0 Å². The molecule has 3 rings (SSSR count). The summed E-state index contributed by atoms with van der Waals surface area (Å²) in [6.07, 6.45) is 2.41. The highest BCUT2D eigenvalue weighted by molar-refractivity contribution is 9.10. The summed E-state index contributed by atoms with van der Waals surface area (Å²) in [6, 6.07) is 10.3. The van der Waals surface area contributed by atoms with Crippen LogP contribution in [0.2, 0.25) is 0 Å². The Bertz CT molecular complexity index is 621. The topological polar surface area (TPSA) is 37.8 Å². The molecule has 3 nitrogen and oxygen atoms in total. The van der Waals surface area contributed by atoms with Gasteiger partial charge in [-0.25, -0.2) is 9.97 Å². The predicted molar refractivity (Wildman–Crippen MR) is 85.5 cm³/mol. The van der Waals surface area contributed by atoms with Crippen LogP contribution in [0.3, 0.4) is 0 Å². The number of hydrogen-bond donors (Lipinski definition) is 1. The number of para-hydroxylation sites is 1. The largest absolute Gasteiger partial charge is 0.340 e. The molecule has 0 unspecified atom stereocenters. The van der Waals surface area contributed by atoms with E-state index in [9.17, 15) is 0 Å². The Morgan fingerprint density at radius 1 is 1.20 bits per heavy atom. The molecule has 0 saturated heterocycles. The quantitative estimate of drug-likeness (QED) is 0.802. The van der Waals surface area contributed by atoms with Crippen LogP contribution >= 0.6 is 15.9 Å². The molecule has 0 spiro atoms. The number of benzene rings is 1. The van der Waals surface area contributed by atoms with Crippen molar-refractivity contribution in [3.63, 3.8) is 0 Å². The van der Waals surface area contributed by atoms with Crippen LogP contribution in [0.1, 0.15) is 49.9 Å². The van der Waals surface area contributed by atoms with Gasteiger partial charge in [0.2, 0.25) is 0 Å². The average Bonchev–Trinajstić information content (AvgIpc) is 3.22. The van der Waals surface area contributed by atoms with E-state index in [4.69, 9.17) is 0 Å². The first-order valence-electron chi connectivity index (χ1n) is 7.04. The maximum Gasteiger partial charge on any atom is 0.135 e. The summed E-state index contributed by atoms with van der Waals surface area (Å²) in [4.78, 5) is 9.10. The smallest absolute Gasteiger partial charge is 0.135 e. The number of halogens is 1. The molecule has 104 valence electrons. The molecule has 0 aliphatic heterocycles. The summed E-state index contributed by atoms with van der Waals surface area (Å²) < 4.78 is 0.846. The fourth-order valence-corrected chi connectivity index (χ4v) is 2.67. The van der Waals surface area contributed by atoms with Gasteiger partial charge in [0.15, 0.2) is 0 Å². The van der Waals surface area contributed by atoms with Crippen LogP contribution in [0, 0.1) is 0 Å². The molecule has 1 N–H and O–H groups in total. The van der Waals surface area contributed by atoms with E-state index in [0.717, 1.165) is 21.9 Å². The summed E-state index contributed by atoms with van der Waals surface area (Å²) in [5.41, 5.74) is 2.42. The molecule has 1 aliphatic carbocycles. The zero-order chi connectivity index (χ0) is 14.1. The summed E-state index contributed by atoms with van der Waals surface area (Å²) in [5, 5.41) is 3.44. The molecule has 0 atom stereocenters. The summed E-state index contributed by atoms with van der Waals surface area (Å²) in [7, 11) is 0. The van der Waals surface area contributed by atoms with Crippen molar-refractivity contribution in [2.24, 2.45) is 0 Å². The number of hydrogen-bond acceptors (Lipinski definition) is 3. The van der Waals surface area contributed by atoms with E-state index >= 15 is 0 Å². The normalized spacial score (nSPS) is 14.6. The van der Waals surface area contributed by atoms with Gasteiger partial charge >= 0.3 is 0 Å². The Morgan fingerprint density at radius 2 is 1.95 bits per heavy atom. The first-order chi connectivity index (χ1) is 9.63. The second-order valence-electron chi connectivity index (χ2n) is 5.58. The lowest BCUT2D eigenvalue weighted by Crippen LogP contribution is -2.02. The number of anilines is 2. The Morgan fingerprint density at radius 3 is 2.65 bits per heavy atom. The number of aromatic nitrogens is 2. The predicted octanol–water partition coefficient (Wildman–Crippen LogP) is 4.98. The van der Waals surface area contributed by atoms with Crippen molar-refractivity contribution in [2.75, 3.05) is 5.32 Å². The number of nitrogens with zero attached hydrogens (tertiary/aromatic N) is 2. The molecule has 4 heteroatoms. The van der Waals surface area contributed by atoms with Crippen molar-refractivity contribution in [3.05, 3.63) is 46.3 Å². The van der Waals surface area contributed by atoms with E-state index in [1.165, 1.54) is 18.4 Å². The molecule has 20 heavy (non-hydrogen) atoms. The molecule has 2 aromatic rings. The van der Waals surface area contributed by atoms with Crippen LogP contribution in [-0.4, -0.2) is 9.97 Å². The fraction of sp³-hybridized carbons (Fsp3) is 0.375. The molecule has 1 aromatic heterocycles. The van der Waals surface area contributed by atoms with E-state index in [-0.39, 0.29) is 0 Å². The highest BCUT2D eigenvalue weighted by Crippen LogP contribution is 2.39. The van der Waals surface area contributed by atoms with E-state index in [0.29, 0.717) is 11.8 Å². The Labute approximate surface area is 128 Å². The van der Waals surface area contributed by atoms with Crippen molar-refractivity contribution in [2.45, 2.75) is 38.5 Å². The van der Waals surface area contributed by atoms with Gasteiger partial charge < -0.3 is 5.32 Å². The van der Waals surface area contributed by atoms with Gasteiger partial charge in [0.1, 0.15) is 16.2 Å². The third-order valence-electron chi connectivity index (χ3n) is 3.50. The van der Waals surface area contributed by atoms with Crippen molar-refractivity contribution in [3.8, 4) is 0 Å². The molecule has 0 bridgehead atoms. The molecule has 1 saturated carbocycles. The van der Waals surface area contributed by atoms with Gasteiger partial charge in [-0.3, -0.25) is 0 Å². The van der Waals surface area contributed by atoms with Crippen LogP contribution < -0.4 is 5.32 Å². The van der Waals surface area contributed by atoms with Gasteiger partial charge in [0.25, 0.3) is 0 Å². The lowest BCUT2D eigenvalue weighted by molar-refractivity contribution is 0.867. The van der Waals surface area contributed by atoms with Crippen LogP contribution in [0.4, 0.5) is 11.5 Å². The molecule has 1 heterocycles. The van der Waals surface area contributed by atoms with Crippen LogP contribution in [0.5, 0.6) is 0 Å². The Kier molecular flexibility index (Phi) is 3.74. The maximum absolute atomic E-state index is 4.64. The molecule has 1 aliphatic rings. The lowest BCUT2D eigenvalue weighted by Gasteiger charge is -2.14. The third kappa shape index (κ3) is 3.01. The lowest BCUT2D eigenvalue weighted by atomic mass is 10.0. The zero-order valence-corrected chi connectivity index (χ0v) is 13.3. The Hall–Kier alpha value is -1.42. The number of nitrogens with one attached hydrogen (secondary N) is 1. The van der Waals surface area contributed by atoms with Crippen molar-refractivity contribution >= 4 is 27.4 Å². The van der Waals surface area contributed by atoms with Gasteiger partial charge in [-0.1, -0.05) is 32.0 Å². The summed E-state index contributed by atoms with van der Waals surface area (Å²) in [5.74, 6) is 2.84.